The first-order valence-electron chi connectivity index (χ1n) is 2.10. The van der Waals surface area contributed by atoms with Gasteiger partial charge in [0.25, 0.3) is 0 Å². The molecular weight excluding hydrogens is 122 g/mol. The molecule has 0 unspecified atom stereocenters. The summed E-state index contributed by atoms with van der Waals surface area (Å²) in [4.78, 5) is 3.62. The maximum absolute atomic E-state index is 7.80. The van der Waals surface area contributed by atoms with Gasteiger partial charge in [-0.1, -0.05) is 4.79 Å². The Bertz CT molecular complexity index is 205. The zero-order valence-electron chi connectivity index (χ0n) is 4.34. The Morgan fingerprint density at radius 2 is 2.67 bits per heavy atom. The van der Waals surface area contributed by atoms with Gasteiger partial charge in [0.15, 0.2) is 0 Å². The van der Waals surface area contributed by atoms with E-state index in [2.05, 4.69) is 26.0 Å². The lowest BCUT2D eigenvalue weighted by molar-refractivity contribution is 0.704. The molecule has 7 heteroatoms. The third-order valence-electron chi connectivity index (χ3n) is 0.614. The van der Waals surface area contributed by atoms with E-state index in [-0.39, 0.29) is 0 Å². The minimum absolute atomic E-state index is 1.18. The molecule has 0 aromatic carbocycles. The van der Waals surface area contributed by atoms with Gasteiger partial charge in [0.05, 0.1) is 12.4 Å². The third-order valence-corrected chi connectivity index (χ3v) is 0.614. The summed E-state index contributed by atoms with van der Waals surface area (Å²) in [6.07, 6.45) is 2.97. The zero-order valence-corrected chi connectivity index (χ0v) is 4.34. The number of rotatable bonds is 2. The van der Waals surface area contributed by atoms with Gasteiger partial charge >= 0.3 is 0 Å². The lowest BCUT2D eigenvalue weighted by Crippen LogP contribution is -2.07. The number of nitrogens with zero attached hydrogens (tertiary/aromatic N) is 6. The van der Waals surface area contributed by atoms with Crippen molar-refractivity contribution in [2.45, 2.75) is 0 Å². The van der Waals surface area contributed by atoms with Crippen LogP contribution in [-0.4, -0.2) is 15.1 Å². The van der Waals surface area contributed by atoms with Crippen molar-refractivity contribution < 1.29 is 0 Å². The molecule has 0 radical (unpaired) electrons. The second kappa shape index (κ2) is 2.53. The Morgan fingerprint density at radius 3 is 3.22 bits per heavy atom. The van der Waals surface area contributed by atoms with E-state index in [1.54, 1.807) is 0 Å². The Labute approximate surface area is 49.9 Å². The fourth-order valence-electron chi connectivity index (χ4n) is 0.327. The highest BCUT2D eigenvalue weighted by atomic mass is 15.7. The minimum Gasteiger partial charge on any atom is -0.167 e. The van der Waals surface area contributed by atoms with Gasteiger partial charge in [-0.05, 0) is 5.21 Å². The van der Waals surface area contributed by atoms with Crippen molar-refractivity contribution in [3.05, 3.63) is 22.8 Å². The summed E-state index contributed by atoms with van der Waals surface area (Å²) in [6, 6.07) is 0. The molecule has 0 aliphatic heterocycles. The highest BCUT2D eigenvalue weighted by Crippen LogP contribution is 1.72. The van der Waals surface area contributed by atoms with Crippen molar-refractivity contribution in [1.82, 2.24) is 15.1 Å². The zero-order chi connectivity index (χ0) is 6.53. The molecule has 1 aromatic heterocycles. The Hall–Kier alpha value is -1.75. The maximum atomic E-state index is 7.80. The fraction of sp³-hybridized carbons (Fsp3) is 0. The quantitative estimate of drug-likeness (QED) is 0.262. The van der Waals surface area contributed by atoms with Crippen LogP contribution in [0.15, 0.2) is 17.6 Å². The number of aromatic nitrogens is 3. The number of hydrogen-bond donors (Lipinski definition) is 1. The van der Waals surface area contributed by atoms with Crippen molar-refractivity contribution in [1.29, 1.82) is 0 Å². The molecular formula is C2H3N7. The van der Waals surface area contributed by atoms with Crippen LogP contribution in [-0.2, 0) is 0 Å². The first-order chi connectivity index (χ1) is 4.43. The van der Waals surface area contributed by atoms with Crippen LogP contribution in [0.25, 0.3) is 10.4 Å². The number of nitrogens with one attached hydrogen (secondary N) is 1. The Morgan fingerprint density at radius 1 is 1.78 bits per heavy atom. The van der Waals surface area contributed by atoms with Gasteiger partial charge in [0.2, 0.25) is 0 Å². The van der Waals surface area contributed by atoms with E-state index in [1.807, 2.05) is 0 Å². The summed E-state index contributed by atoms with van der Waals surface area (Å²) in [6.45, 7) is 0. The maximum Gasteiger partial charge on any atom is 0.0907 e. The van der Waals surface area contributed by atoms with Crippen LogP contribution in [0.5, 0.6) is 0 Å². The molecule has 0 aliphatic rings. The lowest BCUT2D eigenvalue weighted by Gasteiger charge is -1.85. The van der Waals surface area contributed by atoms with E-state index in [9.17, 15) is 0 Å². The largest absolute Gasteiger partial charge is 0.167 e. The number of hydrogen-bond acceptors (Lipinski definition) is 3. The normalized spacial score (nSPS) is 8.00. The van der Waals surface area contributed by atoms with Crippen LogP contribution < -0.4 is 5.53 Å². The molecule has 0 aliphatic carbocycles. The summed E-state index contributed by atoms with van der Waals surface area (Å²) >= 11 is 0. The standard InChI is InChI=1S/C2H3N7/c3-5-6-8-9-2-1-4-7-9/h1-2,8H. The molecule has 9 heavy (non-hydrogen) atoms. The summed E-state index contributed by atoms with van der Waals surface area (Å²) in [5.74, 6) is 0. The second-order valence-corrected chi connectivity index (χ2v) is 1.14. The molecule has 7 nitrogen and oxygen atoms in total. The van der Waals surface area contributed by atoms with Gasteiger partial charge in [-0.25, -0.2) is 0 Å². The molecule has 1 rings (SSSR count). The highest BCUT2D eigenvalue weighted by molar-refractivity contribution is 4.67. The predicted molar refractivity (Wildman–Crippen MR) is 28.5 cm³/mol. The average Bonchev–Trinajstić information content (AvgIpc) is 2.34. The molecule has 0 amide bonds. The van der Waals surface area contributed by atoms with Crippen molar-refractivity contribution in [2.75, 3.05) is 5.53 Å². The van der Waals surface area contributed by atoms with Gasteiger partial charge in [0.1, 0.15) is 0 Å². The lowest BCUT2D eigenvalue weighted by atomic mass is 11.0. The number of azide groups is 1. The molecule has 1 heterocycles. The van der Waals surface area contributed by atoms with Crippen molar-refractivity contribution in [2.24, 2.45) is 5.22 Å². The van der Waals surface area contributed by atoms with Crippen LogP contribution in [0.4, 0.5) is 0 Å². The van der Waals surface area contributed by atoms with E-state index < -0.39 is 0 Å². The topological polar surface area (TPSA) is 91.5 Å². The minimum atomic E-state index is 1.18. The molecule has 1 N–H and O–H groups in total. The average molecular weight is 125 g/mol. The molecule has 0 saturated carbocycles. The Kier molecular flexibility index (Phi) is 1.52. The molecule has 0 spiro atoms. The summed E-state index contributed by atoms with van der Waals surface area (Å²) in [5.41, 5.74) is 10.0. The monoisotopic (exact) mass is 125 g/mol. The molecule has 0 bridgehead atoms. The molecule has 0 saturated heterocycles. The van der Waals surface area contributed by atoms with Crippen LogP contribution in [0.2, 0.25) is 0 Å². The Balaban J connectivity index is 2.57. The highest BCUT2D eigenvalue weighted by Gasteiger charge is 1.83. The van der Waals surface area contributed by atoms with Crippen molar-refractivity contribution >= 4 is 0 Å². The van der Waals surface area contributed by atoms with Crippen LogP contribution >= 0.6 is 0 Å². The fourth-order valence-corrected chi connectivity index (χ4v) is 0.327. The van der Waals surface area contributed by atoms with E-state index in [4.69, 9.17) is 5.53 Å². The second-order valence-electron chi connectivity index (χ2n) is 1.14. The molecule has 0 atom stereocenters. The summed E-state index contributed by atoms with van der Waals surface area (Å²) < 4.78 is 0. The van der Waals surface area contributed by atoms with Gasteiger partial charge in [0, 0.05) is 5.22 Å². The molecule has 0 fully saturated rings. The first-order valence-corrected chi connectivity index (χ1v) is 2.10. The van der Waals surface area contributed by atoms with Gasteiger partial charge in [-0.3, -0.25) is 0 Å². The molecule has 46 valence electrons. The van der Waals surface area contributed by atoms with Gasteiger partial charge in [-0.15, -0.1) is 16.2 Å². The summed E-state index contributed by atoms with van der Waals surface area (Å²) in [7, 11) is 0. The van der Waals surface area contributed by atoms with Crippen molar-refractivity contribution in [3.63, 3.8) is 0 Å². The molecule has 1 aromatic rings. The summed E-state index contributed by atoms with van der Waals surface area (Å²) in [5, 5.41) is 9.89. The smallest absolute Gasteiger partial charge is 0.0907 e. The SMILES string of the molecule is [N-]=[N+]=NNn1ccnn1. The predicted octanol–water partition coefficient (Wildman–Crippen LogP) is 0.0469. The van der Waals surface area contributed by atoms with Gasteiger partial charge < -0.3 is 0 Å². The first kappa shape index (κ1) is 5.39. The van der Waals surface area contributed by atoms with E-state index in [1.165, 1.54) is 17.2 Å². The van der Waals surface area contributed by atoms with Crippen molar-refractivity contribution in [3.8, 4) is 0 Å². The third kappa shape index (κ3) is 1.32. The van der Waals surface area contributed by atoms with Crippen LogP contribution in [0, 0.1) is 0 Å². The van der Waals surface area contributed by atoms with E-state index in [0.717, 1.165) is 0 Å². The van der Waals surface area contributed by atoms with E-state index in [0.29, 0.717) is 0 Å². The van der Waals surface area contributed by atoms with Gasteiger partial charge in [-0.2, -0.15) is 4.91 Å². The van der Waals surface area contributed by atoms with Crippen LogP contribution in [0.3, 0.4) is 0 Å². The van der Waals surface area contributed by atoms with Crippen LogP contribution in [0.1, 0.15) is 0 Å². The van der Waals surface area contributed by atoms with E-state index >= 15 is 0 Å².